The van der Waals surface area contributed by atoms with Crippen molar-refractivity contribution < 1.29 is 4.79 Å². The summed E-state index contributed by atoms with van der Waals surface area (Å²) in [7, 11) is 0. The highest BCUT2D eigenvalue weighted by Gasteiger charge is 2.11. The smallest absolute Gasteiger partial charge is 0.242 e. The number of carbonyl (C=O) groups excluding carboxylic acids is 1. The molecule has 76 valence electrons. The molecule has 0 aliphatic heterocycles. The Labute approximate surface area is 97.1 Å². The van der Waals surface area contributed by atoms with Gasteiger partial charge < -0.3 is 5.32 Å². The summed E-state index contributed by atoms with van der Waals surface area (Å²) in [4.78, 5) is 11.2. The maximum Gasteiger partial charge on any atom is 0.242 e. The molecule has 1 aromatic carbocycles. The van der Waals surface area contributed by atoms with E-state index in [1.165, 1.54) is 0 Å². The summed E-state index contributed by atoms with van der Waals surface area (Å²) in [6.07, 6.45) is 0. The highest BCUT2D eigenvalue weighted by molar-refractivity contribution is 6.37. The predicted octanol–water partition coefficient (Wildman–Crippen LogP) is 3.56. The third-order valence-electron chi connectivity index (χ3n) is 1.55. The first-order valence-electron chi connectivity index (χ1n) is 3.90. The molecule has 0 saturated heterocycles. The lowest BCUT2D eigenvalue weighted by Crippen LogP contribution is -2.20. The second-order valence-electron chi connectivity index (χ2n) is 2.73. The Bertz CT molecular complexity index is 352. The molecule has 0 radical (unpaired) electrons. The molecular formula is C9H8Cl3NO. The second kappa shape index (κ2) is 4.87. The molecule has 0 aromatic heterocycles. The first kappa shape index (κ1) is 11.6. The Morgan fingerprint density at radius 1 is 1.43 bits per heavy atom. The molecule has 0 heterocycles. The number of hydrogen-bond donors (Lipinski definition) is 1. The summed E-state index contributed by atoms with van der Waals surface area (Å²) in [5, 5.41) is 2.89. The second-order valence-corrected chi connectivity index (χ2v) is 4.23. The van der Waals surface area contributed by atoms with E-state index in [1.807, 2.05) is 0 Å². The van der Waals surface area contributed by atoms with Gasteiger partial charge in [-0.15, -0.1) is 11.6 Å². The van der Waals surface area contributed by atoms with Crippen molar-refractivity contribution in [2.75, 3.05) is 5.32 Å². The monoisotopic (exact) mass is 251 g/mol. The van der Waals surface area contributed by atoms with Gasteiger partial charge in [0.15, 0.2) is 0 Å². The lowest BCUT2D eigenvalue weighted by molar-refractivity contribution is -0.115. The molecule has 0 aliphatic carbocycles. The van der Waals surface area contributed by atoms with Crippen molar-refractivity contribution in [3.63, 3.8) is 0 Å². The Kier molecular flexibility index (Phi) is 4.05. The van der Waals surface area contributed by atoms with Crippen molar-refractivity contribution >= 4 is 46.4 Å². The maximum atomic E-state index is 11.2. The molecule has 0 aliphatic rings. The number of nitrogens with one attached hydrogen (secondary N) is 1. The zero-order valence-electron chi connectivity index (χ0n) is 7.35. The molecule has 0 fully saturated rings. The van der Waals surface area contributed by atoms with E-state index in [2.05, 4.69) is 5.32 Å². The van der Waals surface area contributed by atoms with Crippen molar-refractivity contribution in [2.45, 2.75) is 12.3 Å². The number of amides is 1. The summed E-state index contributed by atoms with van der Waals surface area (Å²) in [5.41, 5.74) is 0.469. The Balaban J connectivity index is 2.86. The third kappa shape index (κ3) is 3.05. The van der Waals surface area contributed by atoms with Crippen LogP contribution in [0.3, 0.4) is 0 Å². The quantitative estimate of drug-likeness (QED) is 0.801. The lowest BCUT2D eigenvalue weighted by Gasteiger charge is -2.08. The van der Waals surface area contributed by atoms with E-state index in [0.29, 0.717) is 15.7 Å². The molecule has 5 heteroatoms. The fraction of sp³-hybridized carbons (Fsp3) is 0.222. The van der Waals surface area contributed by atoms with E-state index >= 15 is 0 Å². The average Bonchev–Trinajstić information content (AvgIpc) is 2.11. The van der Waals surface area contributed by atoms with Crippen LogP contribution in [0.1, 0.15) is 6.92 Å². The van der Waals surface area contributed by atoms with E-state index < -0.39 is 5.38 Å². The van der Waals surface area contributed by atoms with Gasteiger partial charge in [0.25, 0.3) is 0 Å². The number of hydrogen-bond acceptors (Lipinski definition) is 1. The number of carbonyl (C=O) groups is 1. The van der Waals surface area contributed by atoms with Crippen LogP contribution in [0.5, 0.6) is 0 Å². The molecule has 14 heavy (non-hydrogen) atoms. The van der Waals surface area contributed by atoms with E-state index in [0.717, 1.165) is 0 Å². The van der Waals surface area contributed by atoms with Crippen LogP contribution < -0.4 is 5.32 Å². The minimum atomic E-state index is -0.606. The van der Waals surface area contributed by atoms with Crippen molar-refractivity contribution in [1.29, 1.82) is 0 Å². The zero-order chi connectivity index (χ0) is 10.7. The van der Waals surface area contributed by atoms with Crippen LogP contribution in [0.2, 0.25) is 10.0 Å². The van der Waals surface area contributed by atoms with Gasteiger partial charge in [0, 0.05) is 5.02 Å². The molecule has 1 rings (SSSR count). The highest BCUT2D eigenvalue weighted by atomic mass is 35.5. The van der Waals surface area contributed by atoms with Crippen molar-refractivity contribution in [3.05, 3.63) is 28.2 Å². The highest BCUT2D eigenvalue weighted by Crippen LogP contribution is 2.25. The fourth-order valence-electron chi connectivity index (χ4n) is 0.825. The van der Waals surface area contributed by atoms with Gasteiger partial charge in [-0.25, -0.2) is 0 Å². The van der Waals surface area contributed by atoms with Gasteiger partial charge in [-0.05, 0) is 25.1 Å². The Morgan fingerprint density at radius 3 is 2.64 bits per heavy atom. The van der Waals surface area contributed by atoms with E-state index in [-0.39, 0.29) is 5.91 Å². The number of halogens is 3. The normalized spacial score (nSPS) is 12.3. The average molecular weight is 253 g/mol. The molecule has 0 spiro atoms. The molecule has 0 bridgehead atoms. The van der Waals surface area contributed by atoms with Gasteiger partial charge >= 0.3 is 0 Å². The molecule has 1 amide bonds. The minimum absolute atomic E-state index is 0.309. The zero-order valence-corrected chi connectivity index (χ0v) is 9.62. The fourth-order valence-corrected chi connectivity index (χ4v) is 1.22. The van der Waals surface area contributed by atoms with Crippen LogP contribution in [0.4, 0.5) is 5.69 Å². The number of alkyl halides is 1. The molecular weight excluding hydrogens is 244 g/mol. The molecule has 0 saturated carbocycles. The Hall–Kier alpha value is -0.440. The standard InChI is InChI=1S/C9H8Cl3NO/c1-5(10)9(14)13-8-4-6(11)2-3-7(8)12/h2-5H,1H3,(H,13,14)/t5-/m1/s1. The van der Waals surface area contributed by atoms with Gasteiger partial charge in [0.1, 0.15) is 5.38 Å². The van der Waals surface area contributed by atoms with Gasteiger partial charge in [-0.1, -0.05) is 23.2 Å². The summed E-state index contributed by atoms with van der Waals surface area (Å²) >= 11 is 17.1. The summed E-state index contributed by atoms with van der Waals surface area (Å²) < 4.78 is 0. The first-order valence-corrected chi connectivity index (χ1v) is 5.10. The molecule has 1 N–H and O–H groups in total. The van der Waals surface area contributed by atoms with Gasteiger partial charge in [0.05, 0.1) is 10.7 Å². The molecule has 1 atom stereocenters. The van der Waals surface area contributed by atoms with Crippen LogP contribution in [0.15, 0.2) is 18.2 Å². The van der Waals surface area contributed by atoms with Crippen molar-refractivity contribution in [1.82, 2.24) is 0 Å². The van der Waals surface area contributed by atoms with Crippen molar-refractivity contribution in [2.24, 2.45) is 0 Å². The van der Waals surface area contributed by atoms with Crippen molar-refractivity contribution in [3.8, 4) is 0 Å². The SMILES string of the molecule is C[C@@H](Cl)C(=O)Nc1cc(Cl)ccc1Cl. The van der Waals surface area contributed by atoms with E-state index in [9.17, 15) is 4.79 Å². The first-order chi connectivity index (χ1) is 6.50. The predicted molar refractivity (Wildman–Crippen MR) is 60.4 cm³/mol. The number of benzene rings is 1. The van der Waals surface area contributed by atoms with Crippen LogP contribution in [0, 0.1) is 0 Å². The molecule has 0 unspecified atom stereocenters. The van der Waals surface area contributed by atoms with Crippen LogP contribution in [-0.2, 0) is 4.79 Å². The summed E-state index contributed by atoms with van der Waals surface area (Å²) in [6, 6.07) is 4.82. The van der Waals surface area contributed by atoms with Gasteiger partial charge in [-0.3, -0.25) is 4.79 Å². The number of rotatable bonds is 2. The minimum Gasteiger partial charge on any atom is -0.323 e. The van der Waals surface area contributed by atoms with Crippen LogP contribution in [0.25, 0.3) is 0 Å². The Morgan fingerprint density at radius 2 is 2.07 bits per heavy atom. The summed E-state index contributed by atoms with van der Waals surface area (Å²) in [5.74, 6) is -0.309. The van der Waals surface area contributed by atoms with Crippen LogP contribution >= 0.6 is 34.8 Å². The van der Waals surface area contributed by atoms with Crippen LogP contribution in [-0.4, -0.2) is 11.3 Å². The largest absolute Gasteiger partial charge is 0.323 e. The number of anilines is 1. The molecule has 2 nitrogen and oxygen atoms in total. The van der Waals surface area contributed by atoms with Gasteiger partial charge in [-0.2, -0.15) is 0 Å². The summed E-state index contributed by atoms with van der Waals surface area (Å²) in [6.45, 7) is 1.58. The third-order valence-corrected chi connectivity index (χ3v) is 2.31. The molecule has 1 aromatic rings. The topological polar surface area (TPSA) is 29.1 Å². The lowest BCUT2D eigenvalue weighted by atomic mass is 10.3. The van der Waals surface area contributed by atoms with E-state index in [4.69, 9.17) is 34.8 Å². The van der Waals surface area contributed by atoms with E-state index in [1.54, 1.807) is 25.1 Å². The maximum absolute atomic E-state index is 11.2. The van der Waals surface area contributed by atoms with Gasteiger partial charge in [0.2, 0.25) is 5.91 Å².